The molecule has 2 heterocycles. The largest absolute Gasteiger partial charge is 0.374 e. The first kappa shape index (κ1) is 15.9. The van der Waals surface area contributed by atoms with Gasteiger partial charge >= 0.3 is 0 Å². The predicted molar refractivity (Wildman–Crippen MR) is 82.7 cm³/mol. The van der Waals surface area contributed by atoms with Crippen molar-refractivity contribution in [3.05, 3.63) is 35.4 Å². The Morgan fingerprint density at radius 2 is 2.09 bits per heavy atom. The Morgan fingerprint density at radius 3 is 2.82 bits per heavy atom. The fourth-order valence-corrected chi connectivity index (χ4v) is 6.83. The lowest BCUT2D eigenvalue weighted by Crippen LogP contribution is -2.53. The molecule has 0 radical (unpaired) electrons. The zero-order valence-electron chi connectivity index (χ0n) is 12.3. The minimum atomic E-state index is -3.57. The van der Waals surface area contributed by atoms with Crippen LogP contribution in [0.5, 0.6) is 0 Å². The number of sulfonamides is 1. The molecule has 2 atom stereocenters. The minimum absolute atomic E-state index is 0.0892. The van der Waals surface area contributed by atoms with Gasteiger partial charge in [0, 0.05) is 6.54 Å². The Morgan fingerprint density at radius 1 is 1.32 bits per heavy atom. The summed E-state index contributed by atoms with van der Waals surface area (Å²) >= 11 is 0. The maximum absolute atomic E-state index is 12.7. The summed E-state index contributed by atoms with van der Waals surface area (Å²) in [6, 6.07) is 6.75. The van der Waals surface area contributed by atoms with Gasteiger partial charge in [-0.3, -0.25) is 0 Å². The lowest BCUT2D eigenvalue weighted by Gasteiger charge is -2.35. The average molecular weight is 345 g/mol. The van der Waals surface area contributed by atoms with Crippen LogP contribution in [0, 0.1) is 6.92 Å². The van der Waals surface area contributed by atoms with Crippen molar-refractivity contribution < 1.29 is 21.6 Å². The summed E-state index contributed by atoms with van der Waals surface area (Å²) in [5.74, 6) is -0.350. The molecule has 0 saturated carbocycles. The second kappa shape index (κ2) is 5.59. The van der Waals surface area contributed by atoms with Crippen molar-refractivity contribution in [3.63, 3.8) is 0 Å². The summed E-state index contributed by atoms with van der Waals surface area (Å²) in [5.41, 5.74) is 1.71. The van der Waals surface area contributed by atoms with E-state index < -0.39 is 32.0 Å². The number of morpholine rings is 1. The van der Waals surface area contributed by atoms with Crippen LogP contribution in [-0.2, 0) is 30.4 Å². The Balaban J connectivity index is 1.85. The number of benzene rings is 1. The summed E-state index contributed by atoms with van der Waals surface area (Å²) in [5, 5.41) is 0. The van der Waals surface area contributed by atoms with Crippen LogP contribution in [0.3, 0.4) is 0 Å². The molecule has 0 aromatic heterocycles. The van der Waals surface area contributed by atoms with Crippen LogP contribution in [-0.4, -0.2) is 57.9 Å². The monoisotopic (exact) mass is 345 g/mol. The molecule has 1 aromatic rings. The molecular formula is C14H19NO5S2. The molecular weight excluding hydrogens is 326 g/mol. The highest BCUT2D eigenvalue weighted by molar-refractivity contribution is 7.92. The smallest absolute Gasteiger partial charge is 0.218 e. The average Bonchev–Trinajstić information content (AvgIpc) is 2.71. The highest BCUT2D eigenvalue weighted by atomic mass is 32.2. The minimum Gasteiger partial charge on any atom is -0.374 e. The van der Waals surface area contributed by atoms with E-state index in [-0.39, 0.29) is 30.4 Å². The quantitative estimate of drug-likeness (QED) is 0.788. The number of nitrogens with zero attached hydrogens (tertiary/aromatic N) is 1. The molecule has 0 spiro atoms. The van der Waals surface area contributed by atoms with Gasteiger partial charge in [0.25, 0.3) is 0 Å². The molecule has 22 heavy (non-hydrogen) atoms. The molecule has 0 N–H and O–H groups in total. The standard InChI is InChI=1S/C14H19NO5S2/c1-11-3-2-4-12(7-11)8-22(18,19)15-5-6-20-14-10-21(16,17)9-13(14)15/h2-4,7,13-14H,5-6,8-10H2,1H3. The maximum atomic E-state index is 12.7. The van der Waals surface area contributed by atoms with Gasteiger partial charge in [-0.05, 0) is 12.5 Å². The number of sulfone groups is 1. The first-order valence-electron chi connectivity index (χ1n) is 7.14. The third-order valence-electron chi connectivity index (χ3n) is 4.07. The van der Waals surface area contributed by atoms with E-state index in [4.69, 9.17) is 4.74 Å². The molecule has 122 valence electrons. The molecule has 8 heteroatoms. The van der Waals surface area contributed by atoms with Crippen LogP contribution in [0.25, 0.3) is 0 Å². The molecule has 2 fully saturated rings. The van der Waals surface area contributed by atoms with Crippen molar-refractivity contribution in [2.75, 3.05) is 24.7 Å². The summed E-state index contributed by atoms with van der Waals surface area (Å²) < 4.78 is 55.7. The van der Waals surface area contributed by atoms with E-state index in [0.29, 0.717) is 5.56 Å². The molecule has 2 aliphatic rings. The van der Waals surface area contributed by atoms with E-state index in [1.807, 2.05) is 25.1 Å². The molecule has 2 saturated heterocycles. The highest BCUT2D eigenvalue weighted by Crippen LogP contribution is 2.28. The molecule has 2 unspecified atom stereocenters. The number of rotatable bonds is 3. The first-order chi connectivity index (χ1) is 10.3. The lowest BCUT2D eigenvalue weighted by atomic mass is 10.2. The Kier molecular flexibility index (Phi) is 4.05. The zero-order valence-corrected chi connectivity index (χ0v) is 13.9. The third kappa shape index (κ3) is 3.19. The zero-order chi connectivity index (χ0) is 16.0. The molecule has 3 rings (SSSR count). The van der Waals surface area contributed by atoms with E-state index in [1.165, 1.54) is 4.31 Å². The highest BCUT2D eigenvalue weighted by Gasteiger charge is 2.47. The number of hydrogen-bond donors (Lipinski definition) is 0. The van der Waals surface area contributed by atoms with Gasteiger partial charge in [0.05, 0.1) is 36.0 Å². The third-order valence-corrected chi connectivity index (χ3v) is 7.63. The molecule has 1 aromatic carbocycles. The van der Waals surface area contributed by atoms with Gasteiger partial charge in [-0.1, -0.05) is 29.8 Å². The summed E-state index contributed by atoms with van der Waals surface area (Å²) in [7, 11) is -6.80. The topological polar surface area (TPSA) is 80.8 Å². The molecule has 6 nitrogen and oxygen atoms in total. The van der Waals surface area contributed by atoms with Gasteiger partial charge in [0.15, 0.2) is 9.84 Å². The number of fused-ring (bicyclic) bond motifs is 1. The van der Waals surface area contributed by atoms with Crippen LogP contribution in [0.15, 0.2) is 24.3 Å². The first-order valence-corrected chi connectivity index (χ1v) is 10.6. The second-order valence-electron chi connectivity index (χ2n) is 5.91. The number of aryl methyl sites for hydroxylation is 1. The Hall–Kier alpha value is -0.960. The molecule has 0 bridgehead atoms. The second-order valence-corrected chi connectivity index (χ2v) is 9.98. The van der Waals surface area contributed by atoms with Crippen molar-refractivity contribution in [1.29, 1.82) is 0 Å². The summed E-state index contributed by atoms with van der Waals surface area (Å²) in [6.45, 7) is 2.36. The van der Waals surface area contributed by atoms with Crippen LogP contribution in [0.4, 0.5) is 0 Å². The van der Waals surface area contributed by atoms with Crippen LogP contribution >= 0.6 is 0 Å². The van der Waals surface area contributed by atoms with Crippen molar-refractivity contribution >= 4 is 19.9 Å². The number of ether oxygens (including phenoxy) is 1. The van der Waals surface area contributed by atoms with Gasteiger partial charge < -0.3 is 4.74 Å². The fourth-order valence-electron chi connectivity index (χ4n) is 3.13. The van der Waals surface area contributed by atoms with E-state index >= 15 is 0 Å². The van der Waals surface area contributed by atoms with E-state index in [9.17, 15) is 16.8 Å². The SMILES string of the molecule is Cc1cccc(CS(=O)(=O)N2CCOC3CS(=O)(=O)CC32)c1. The van der Waals surface area contributed by atoms with Crippen molar-refractivity contribution in [3.8, 4) is 0 Å². The van der Waals surface area contributed by atoms with Gasteiger partial charge in [0.2, 0.25) is 10.0 Å². The Labute approximate surface area is 131 Å². The van der Waals surface area contributed by atoms with Crippen LogP contribution < -0.4 is 0 Å². The molecule has 0 amide bonds. The summed E-state index contributed by atoms with van der Waals surface area (Å²) in [6.07, 6.45) is -0.536. The predicted octanol–water partition coefficient (Wildman–Crippen LogP) is 0.323. The maximum Gasteiger partial charge on any atom is 0.218 e. The molecule has 0 aliphatic carbocycles. The van der Waals surface area contributed by atoms with Gasteiger partial charge in [-0.25, -0.2) is 16.8 Å². The normalized spacial score (nSPS) is 28.4. The van der Waals surface area contributed by atoms with Crippen molar-refractivity contribution in [1.82, 2.24) is 4.31 Å². The van der Waals surface area contributed by atoms with E-state index in [1.54, 1.807) is 6.07 Å². The van der Waals surface area contributed by atoms with Crippen LogP contribution in [0.1, 0.15) is 11.1 Å². The fraction of sp³-hybridized carbons (Fsp3) is 0.571. The lowest BCUT2D eigenvalue weighted by molar-refractivity contribution is -0.0142. The number of hydrogen-bond acceptors (Lipinski definition) is 5. The van der Waals surface area contributed by atoms with E-state index in [0.717, 1.165) is 5.56 Å². The van der Waals surface area contributed by atoms with Crippen molar-refractivity contribution in [2.24, 2.45) is 0 Å². The Bertz CT molecular complexity index is 772. The van der Waals surface area contributed by atoms with Gasteiger partial charge in [-0.2, -0.15) is 4.31 Å². The van der Waals surface area contributed by atoms with Gasteiger partial charge in [-0.15, -0.1) is 0 Å². The summed E-state index contributed by atoms with van der Waals surface area (Å²) in [4.78, 5) is 0. The van der Waals surface area contributed by atoms with E-state index in [2.05, 4.69) is 0 Å². The van der Waals surface area contributed by atoms with Gasteiger partial charge in [0.1, 0.15) is 0 Å². The van der Waals surface area contributed by atoms with Crippen molar-refractivity contribution in [2.45, 2.75) is 24.8 Å². The molecule has 2 aliphatic heterocycles. The van der Waals surface area contributed by atoms with Crippen LogP contribution in [0.2, 0.25) is 0 Å².